The summed E-state index contributed by atoms with van der Waals surface area (Å²) in [6, 6.07) is 12.4. The van der Waals surface area contributed by atoms with Crippen molar-refractivity contribution in [2.24, 2.45) is 5.92 Å². The second-order valence-corrected chi connectivity index (χ2v) is 6.55. The first-order chi connectivity index (χ1) is 10.2. The molecule has 0 bridgehead atoms. The number of nitrogens with zero attached hydrogens (tertiary/aromatic N) is 1. The molecule has 0 aliphatic carbocycles. The third-order valence-corrected chi connectivity index (χ3v) is 5.08. The molecule has 0 atom stereocenters. The van der Waals surface area contributed by atoms with Gasteiger partial charge >= 0.3 is 0 Å². The number of carbonyl (C=O) groups is 1. The molecule has 2 N–H and O–H groups in total. The number of carbonyl (C=O) groups excluding carboxylic acids is 1. The number of amides is 1. The van der Waals surface area contributed by atoms with Gasteiger partial charge in [0.15, 0.2) is 0 Å². The van der Waals surface area contributed by atoms with Crippen LogP contribution in [-0.2, 0) is 6.42 Å². The van der Waals surface area contributed by atoms with Gasteiger partial charge in [-0.15, -0.1) is 11.3 Å². The fraction of sp³-hybridized carbons (Fsp3) is 0.353. The number of nitrogen functional groups attached to an aromatic ring is 1. The van der Waals surface area contributed by atoms with Crippen LogP contribution in [0.3, 0.4) is 0 Å². The van der Waals surface area contributed by atoms with E-state index in [2.05, 4.69) is 30.3 Å². The van der Waals surface area contributed by atoms with Gasteiger partial charge in [0.25, 0.3) is 5.91 Å². The predicted octanol–water partition coefficient (Wildman–Crippen LogP) is 3.43. The van der Waals surface area contributed by atoms with Gasteiger partial charge in [0.2, 0.25) is 0 Å². The molecule has 1 aliphatic heterocycles. The van der Waals surface area contributed by atoms with E-state index in [1.54, 1.807) is 6.07 Å². The smallest absolute Gasteiger partial charge is 0.266 e. The summed E-state index contributed by atoms with van der Waals surface area (Å²) < 4.78 is 0. The number of anilines is 1. The van der Waals surface area contributed by atoms with E-state index in [9.17, 15) is 4.79 Å². The maximum Gasteiger partial charge on any atom is 0.266 e. The van der Waals surface area contributed by atoms with Crippen LogP contribution in [0.25, 0.3) is 0 Å². The van der Waals surface area contributed by atoms with Gasteiger partial charge in [-0.05, 0) is 42.2 Å². The zero-order valence-electron chi connectivity index (χ0n) is 12.0. The summed E-state index contributed by atoms with van der Waals surface area (Å²) in [5.74, 6) is 0.776. The highest BCUT2D eigenvalue weighted by Crippen LogP contribution is 2.26. The van der Waals surface area contributed by atoms with Gasteiger partial charge in [-0.3, -0.25) is 4.79 Å². The summed E-state index contributed by atoms with van der Waals surface area (Å²) in [5, 5.41) is 1.88. The second kappa shape index (κ2) is 6.31. The Kier molecular flexibility index (Phi) is 4.25. The van der Waals surface area contributed by atoms with Gasteiger partial charge in [-0.25, -0.2) is 0 Å². The Hall–Kier alpha value is -1.81. The third kappa shape index (κ3) is 3.27. The molecule has 1 aromatic heterocycles. The van der Waals surface area contributed by atoms with Crippen molar-refractivity contribution < 1.29 is 4.79 Å². The number of likely N-dealkylation sites (tertiary alicyclic amines) is 1. The van der Waals surface area contributed by atoms with Gasteiger partial charge in [0, 0.05) is 13.1 Å². The van der Waals surface area contributed by atoms with Crippen molar-refractivity contribution in [3.05, 3.63) is 52.2 Å². The molecular weight excluding hydrogens is 280 g/mol. The first kappa shape index (κ1) is 14.1. The molecule has 1 fully saturated rings. The Morgan fingerprint density at radius 2 is 1.90 bits per heavy atom. The van der Waals surface area contributed by atoms with E-state index in [1.165, 1.54) is 16.9 Å². The van der Waals surface area contributed by atoms with Crippen molar-refractivity contribution in [1.82, 2.24) is 4.90 Å². The zero-order valence-corrected chi connectivity index (χ0v) is 12.8. The summed E-state index contributed by atoms with van der Waals surface area (Å²) in [5.41, 5.74) is 7.84. The first-order valence-corrected chi connectivity index (χ1v) is 8.28. The van der Waals surface area contributed by atoms with Crippen LogP contribution in [0, 0.1) is 5.92 Å². The molecule has 1 amide bonds. The van der Waals surface area contributed by atoms with Gasteiger partial charge in [-0.1, -0.05) is 30.3 Å². The van der Waals surface area contributed by atoms with Crippen LogP contribution >= 0.6 is 11.3 Å². The van der Waals surface area contributed by atoms with E-state index < -0.39 is 0 Å². The number of nitrogens with two attached hydrogens (primary N) is 1. The summed E-state index contributed by atoms with van der Waals surface area (Å²) in [7, 11) is 0. The van der Waals surface area contributed by atoms with Gasteiger partial charge in [0.1, 0.15) is 4.88 Å². The molecule has 0 unspecified atom stereocenters. The fourth-order valence-electron chi connectivity index (χ4n) is 2.92. The lowest BCUT2D eigenvalue weighted by atomic mass is 9.90. The van der Waals surface area contributed by atoms with Crippen LogP contribution in [0.2, 0.25) is 0 Å². The summed E-state index contributed by atoms with van der Waals surface area (Å²) in [4.78, 5) is 15.0. The molecule has 0 spiro atoms. The average molecular weight is 300 g/mol. The first-order valence-electron chi connectivity index (χ1n) is 7.40. The monoisotopic (exact) mass is 300 g/mol. The van der Waals surface area contributed by atoms with Crippen molar-refractivity contribution >= 4 is 22.9 Å². The quantitative estimate of drug-likeness (QED) is 0.944. The molecule has 1 saturated heterocycles. The highest BCUT2D eigenvalue weighted by Gasteiger charge is 2.25. The molecule has 1 aliphatic rings. The van der Waals surface area contributed by atoms with Gasteiger partial charge in [-0.2, -0.15) is 0 Å². The van der Waals surface area contributed by atoms with Crippen LogP contribution in [-0.4, -0.2) is 23.9 Å². The Morgan fingerprint density at radius 3 is 2.52 bits per heavy atom. The Bertz CT molecular complexity index is 600. The van der Waals surface area contributed by atoms with E-state index in [0.29, 0.717) is 16.5 Å². The Balaban J connectivity index is 1.56. The van der Waals surface area contributed by atoms with Crippen molar-refractivity contribution in [3.63, 3.8) is 0 Å². The van der Waals surface area contributed by atoms with E-state index in [4.69, 9.17) is 5.73 Å². The molecule has 2 heterocycles. The van der Waals surface area contributed by atoms with Crippen molar-refractivity contribution in [2.45, 2.75) is 19.3 Å². The molecule has 0 radical (unpaired) electrons. The number of hydrogen-bond donors (Lipinski definition) is 1. The lowest BCUT2D eigenvalue weighted by molar-refractivity contribution is 0.0696. The SMILES string of the molecule is Nc1ccsc1C(=O)N1CCC(Cc2ccccc2)CC1. The van der Waals surface area contributed by atoms with Crippen molar-refractivity contribution in [1.29, 1.82) is 0 Å². The molecule has 4 heteroatoms. The number of piperidine rings is 1. The van der Waals surface area contributed by atoms with E-state index >= 15 is 0 Å². The number of thiophene rings is 1. The topological polar surface area (TPSA) is 46.3 Å². The molecule has 3 nitrogen and oxygen atoms in total. The minimum Gasteiger partial charge on any atom is -0.397 e. The molecule has 0 saturated carbocycles. The lowest BCUT2D eigenvalue weighted by Crippen LogP contribution is -2.38. The Morgan fingerprint density at radius 1 is 1.19 bits per heavy atom. The summed E-state index contributed by atoms with van der Waals surface area (Å²) >= 11 is 1.44. The lowest BCUT2D eigenvalue weighted by Gasteiger charge is -2.32. The average Bonchev–Trinajstić information content (AvgIpc) is 2.94. The standard InChI is InChI=1S/C17H20N2OS/c18-15-8-11-21-16(15)17(20)19-9-6-14(7-10-19)12-13-4-2-1-3-5-13/h1-5,8,11,14H,6-7,9-10,12,18H2. The highest BCUT2D eigenvalue weighted by molar-refractivity contribution is 7.12. The highest BCUT2D eigenvalue weighted by atomic mass is 32.1. The molecule has 2 aromatic rings. The van der Waals surface area contributed by atoms with E-state index in [1.807, 2.05) is 10.3 Å². The van der Waals surface area contributed by atoms with E-state index in [-0.39, 0.29) is 5.91 Å². The van der Waals surface area contributed by atoms with Crippen molar-refractivity contribution in [3.8, 4) is 0 Å². The second-order valence-electron chi connectivity index (χ2n) is 5.63. The third-order valence-electron chi connectivity index (χ3n) is 4.16. The molecule has 3 rings (SSSR count). The van der Waals surface area contributed by atoms with Crippen LogP contribution in [0.5, 0.6) is 0 Å². The number of rotatable bonds is 3. The van der Waals surface area contributed by atoms with Gasteiger partial charge < -0.3 is 10.6 Å². The van der Waals surface area contributed by atoms with Crippen LogP contribution in [0.15, 0.2) is 41.8 Å². The molecule has 21 heavy (non-hydrogen) atoms. The van der Waals surface area contributed by atoms with Crippen LogP contribution in [0.1, 0.15) is 28.1 Å². The van der Waals surface area contributed by atoms with Crippen LogP contribution in [0.4, 0.5) is 5.69 Å². The van der Waals surface area contributed by atoms with Gasteiger partial charge in [0.05, 0.1) is 5.69 Å². The van der Waals surface area contributed by atoms with Crippen molar-refractivity contribution in [2.75, 3.05) is 18.8 Å². The molecule has 110 valence electrons. The normalized spacial score (nSPS) is 16.1. The molecule has 1 aromatic carbocycles. The number of benzene rings is 1. The predicted molar refractivity (Wildman–Crippen MR) is 87.5 cm³/mol. The summed E-state index contributed by atoms with van der Waals surface area (Å²) in [6.45, 7) is 1.68. The maximum atomic E-state index is 12.4. The zero-order chi connectivity index (χ0) is 14.7. The maximum absolute atomic E-state index is 12.4. The number of hydrogen-bond acceptors (Lipinski definition) is 3. The fourth-order valence-corrected chi connectivity index (χ4v) is 3.71. The Labute approximate surface area is 129 Å². The van der Waals surface area contributed by atoms with E-state index in [0.717, 1.165) is 32.4 Å². The minimum atomic E-state index is 0.0978. The summed E-state index contributed by atoms with van der Waals surface area (Å²) in [6.07, 6.45) is 3.27. The minimum absolute atomic E-state index is 0.0978. The molecular formula is C17H20N2OS. The van der Waals surface area contributed by atoms with Crippen LogP contribution < -0.4 is 5.73 Å². The largest absolute Gasteiger partial charge is 0.397 e.